The molecule has 2 aliphatic rings. The topological polar surface area (TPSA) is 95.9 Å². The largest absolute Gasteiger partial charge is 0.575 e. The first kappa shape index (κ1) is 19.2. The number of carbonyl (C=O) groups excluding carboxylic acids is 2. The number of carboxylic acids is 1. The highest BCUT2D eigenvalue weighted by molar-refractivity contribution is 5.90. The number of likely N-dealkylation sites (tertiary alicyclic amines) is 1. The number of ether oxygens (including phenoxy) is 1. The van der Waals surface area contributed by atoms with Gasteiger partial charge in [-0.3, -0.25) is 14.4 Å². The van der Waals surface area contributed by atoms with E-state index >= 15 is 0 Å². The SMILES string of the molecule is CC(=O)OC(F)(F)F.O=C(O)CN1CCC[C@]2(CCCN2)C1=O. The van der Waals surface area contributed by atoms with Gasteiger partial charge in [-0.25, -0.2) is 0 Å². The van der Waals surface area contributed by atoms with Crippen molar-refractivity contribution in [1.29, 1.82) is 0 Å². The Labute approximate surface area is 130 Å². The number of esters is 1. The summed E-state index contributed by atoms with van der Waals surface area (Å²) < 4.78 is 35.4. The van der Waals surface area contributed by atoms with Crippen LogP contribution < -0.4 is 5.32 Å². The van der Waals surface area contributed by atoms with Crippen molar-refractivity contribution >= 4 is 17.8 Å². The standard InChI is InChI=1S/C10H16N2O3.C3H3F3O2/c13-8(14)7-12-6-2-4-10(9(12)15)3-1-5-11-10;1-2(7)8-3(4,5)6/h11H,1-7H2,(H,13,14);1H3/t10-;/m1./s1. The third-order valence-electron chi connectivity index (χ3n) is 3.56. The quantitative estimate of drug-likeness (QED) is 0.725. The molecule has 1 amide bonds. The molecule has 2 rings (SSSR count). The van der Waals surface area contributed by atoms with Crippen LogP contribution in [0.4, 0.5) is 13.2 Å². The minimum Gasteiger partial charge on any atom is -0.480 e. The summed E-state index contributed by atoms with van der Waals surface area (Å²) in [5, 5.41) is 11.9. The van der Waals surface area contributed by atoms with Crippen LogP contribution in [-0.2, 0) is 19.1 Å². The molecule has 1 atom stereocenters. The molecule has 2 heterocycles. The zero-order valence-corrected chi connectivity index (χ0v) is 12.6. The Morgan fingerprint density at radius 3 is 2.35 bits per heavy atom. The van der Waals surface area contributed by atoms with Crippen LogP contribution in [0.15, 0.2) is 0 Å². The van der Waals surface area contributed by atoms with Crippen molar-refractivity contribution < 1.29 is 37.4 Å². The predicted molar refractivity (Wildman–Crippen MR) is 71.2 cm³/mol. The van der Waals surface area contributed by atoms with Crippen LogP contribution in [0.25, 0.3) is 0 Å². The second-order valence-electron chi connectivity index (χ2n) is 5.38. The molecule has 10 heteroatoms. The second kappa shape index (κ2) is 7.62. The lowest BCUT2D eigenvalue weighted by atomic mass is 9.86. The van der Waals surface area contributed by atoms with Crippen LogP contribution in [-0.4, -0.2) is 59.4 Å². The van der Waals surface area contributed by atoms with Crippen molar-refractivity contribution in [3.8, 4) is 0 Å². The molecule has 132 valence electrons. The molecule has 0 aromatic carbocycles. The molecule has 2 aliphatic heterocycles. The average molecular weight is 340 g/mol. The van der Waals surface area contributed by atoms with E-state index < -0.39 is 23.8 Å². The number of rotatable bonds is 2. The third-order valence-corrected chi connectivity index (χ3v) is 3.56. The van der Waals surface area contributed by atoms with E-state index in [-0.39, 0.29) is 12.5 Å². The Bertz CT molecular complexity index is 461. The van der Waals surface area contributed by atoms with Gasteiger partial charge in [0, 0.05) is 13.5 Å². The number of amides is 1. The lowest BCUT2D eigenvalue weighted by Crippen LogP contribution is -2.59. The summed E-state index contributed by atoms with van der Waals surface area (Å²) in [6.45, 7) is 1.97. The molecule has 0 bridgehead atoms. The average Bonchev–Trinajstić information content (AvgIpc) is 2.82. The zero-order valence-electron chi connectivity index (χ0n) is 12.6. The van der Waals surface area contributed by atoms with E-state index in [1.807, 2.05) is 0 Å². The summed E-state index contributed by atoms with van der Waals surface area (Å²) in [7, 11) is 0. The first-order valence-corrected chi connectivity index (χ1v) is 7.08. The Kier molecular flexibility index (Phi) is 6.37. The van der Waals surface area contributed by atoms with Crippen molar-refractivity contribution in [2.45, 2.75) is 44.5 Å². The van der Waals surface area contributed by atoms with E-state index in [2.05, 4.69) is 10.1 Å². The summed E-state index contributed by atoms with van der Waals surface area (Å²) >= 11 is 0. The Morgan fingerprint density at radius 1 is 1.35 bits per heavy atom. The summed E-state index contributed by atoms with van der Waals surface area (Å²) in [4.78, 5) is 33.7. The molecule has 0 saturated carbocycles. The lowest BCUT2D eigenvalue weighted by Gasteiger charge is -2.38. The van der Waals surface area contributed by atoms with Gasteiger partial charge in [0.1, 0.15) is 6.54 Å². The predicted octanol–water partition coefficient (Wildman–Crippen LogP) is 0.885. The van der Waals surface area contributed by atoms with Gasteiger partial charge in [0.05, 0.1) is 5.54 Å². The molecule has 7 nitrogen and oxygen atoms in total. The van der Waals surface area contributed by atoms with E-state index in [4.69, 9.17) is 5.11 Å². The molecule has 1 spiro atoms. The molecule has 0 aromatic rings. The summed E-state index contributed by atoms with van der Waals surface area (Å²) in [5.41, 5.74) is -0.437. The molecule has 0 unspecified atom stereocenters. The van der Waals surface area contributed by atoms with Gasteiger partial charge in [-0.15, -0.1) is 13.2 Å². The van der Waals surface area contributed by atoms with E-state index in [1.165, 1.54) is 4.90 Å². The number of carboxylic acid groups (broad SMARTS) is 1. The third kappa shape index (κ3) is 6.05. The normalized spacial score (nSPS) is 24.2. The van der Waals surface area contributed by atoms with Gasteiger partial charge < -0.3 is 20.1 Å². The monoisotopic (exact) mass is 340 g/mol. The van der Waals surface area contributed by atoms with E-state index in [9.17, 15) is 27.6 Å². The maximum absolute atomic E-state index is 12.1. The number of hydrogen-bond acceptors (Lipinski definition) is 5. The number of carbonyl (C=O) groups is 3. The van der Waals surface area contributed by atoms with Crippen molar-refractivity contribution in [3.05, 3.63) is 0 Å². The highest BCUT2D eigenvalue weighted by Gasteiger charge is 2.45. The minimum atomic E-state index is -4.83. The molecule has 0 aromatic heterocycles. The second-order valence-corrected chi connectivity index (χ2v) is 5.38. The van der Waals surface area contributed by atoms with Crippen molar-refractivity contribution in [2.75, 3.05) is 19.6 Å². The maximum atomic E-state index is 12.1. The highest BCUT2D eigenvalue weighted by atomic mass is 19.4. The Balaban J connectivity index is 0.000000284. The number of alkyl halides is 3. The van der Waals surface area contributed by atoms with E-state index in [0.717, 1.165) is 32.2 Å². The smallest absolute Gasteiger partial charge is 0.480 e. The first-order chi connectivity index (χ1) is 10.6. The van der Waals surface area contributed by atoms with Gasteiger partial charge in [0.15, 0.2) is 0 Å². The van der Waals surface area contributed by atoms with Crippen LogP contribution in [0, 0.1) is 0 Å². The Morgan fingerprint density at radius 2 is 1.96 bits per heavy atom. The molecule has 0 aliphatic carbocycles. The zero-order chi connectivity index (χ0) is 17.7. The summed E-state index contributed by atoms with van der Waals surface area (Å²) in [6, 6.07) is 0. The van der Waals surface area contributed by atoms with Crippen LogP contribution in [0.1, 0.15) is 32.6 Å². The van der Waals surface area contributed by atoms with Gasteiger partial charge in [-0.1, -0.05) is 0 Å². The van der Waals surface area contributed by atoms with Crippen LogP contribution >= 0.6 is 0 Å². The fourth-order valence-corrected chi connectivity index (χ4v) is 2.76. The molecular formula is C13H19F3N2O5. The van der Waals surface area contributed by atoms with Gasteiger partial charge in [-0.05, 0) is 32.2 Å². The van der Waals surface area contributed by atoms with Gasteiger partial charge in [0.25, 0.3) is 0 Å². The molecule has 2 saturated heterocycles. The number of aliphatic carboxylic acids is 1. The van der Waals surface area contributed by atoms with E-state index in [0.29, 0.717) is 13.5 Å². The number of nitrogens with one attached hydrogen (secondary N) is 1. The number of halogens is 3. The van der Waals surface area contributed by atoms with Gasteiger partial charge in [-0.2, -0.15) is 0 Å². The summed E-state index contributed by atoms with van der Waals surface area (Å²) in [5.74, 6) is -2.30. The van der Waals surface area contributed by atoms with Crippen LogP contribution in [0.5, 0.6) is 0 Å². The number of nitrogens with zero attached hydrogens (tertiary/aromatic N) is 1. The fraction of sp³-hybridized carbons (Fsp3) is 0.769. The summed E-state index contributed by atoms with van der Waals surface area (Å²) in [6.07, 6.45) is -1.23. The fourth-order valence-electron chi connectivity index (χ4n) is 2.76. The molecule has 2 fully saturated rings. The van der Waals surface area contributed by atoms with Gasteiger partial charge >= 0.3 is 18.3 Å². The van der Waals surface area contributed by atoms with Crippen molar-refractivity contribution in [3.63, 3.8) is 0 Å². The maximum Gasteiger partial charge on any atom is 0.575 e. The van der Waals surface area contributed by atoms with Crippen LogP contribution in [0.3, 0.4) is 0 Å². The Hall–Kier alpha value is -1.84. The van der Waals surface area contributed by atoms with Crippen LogP contribution in [0.2, 0.25) is 0 Å². The molecule has 0 radical (unpaired) electrons. The van der Waals surface area contributed by atoms with Crippen molar-refractivity contribution in [2.24, 2.45) is 0 Å². The van der Waals surface area contributed by atoms with Gasteiger partial charge in [0.2, 0.25) is 5.91 Å². The highest BCUT2D eigenvalue weighted by Crippen LogP contribution is 2.30. The molecular weight excluding hydrogens is 321 g/mol. The molecule has 23 heavy (non-hydrogen) atoms. The van der Waals surface area contributed by atoms with Crippen molar-refractivity contribution in [1.82, 2.24) is 10.2 Å². The number of hydrogen-bond donors (Lipinski definition) is 2. The lowest BCUT2D eigenvalue weighted by molar-refractivity contribution is -0.304. The first-order valence-electron chi connectivity index (χ1n) is 7.08. The van der Waals surface area contributed by atoms with E-state index in [1.54, 1.807) is 0 Å². The number of piperidine rings is 1. The minimum absolute atomic E-state index is 0.0198. The molecule has 2 N–H and O–H groups in total.